The van der Waals surface area contributed by atoms with Crippen LogP contribution in [0.15, 0.2) is 42.5 Å². The molecule has 2 rings (SSSR count). The summed E-state index contributed by atoms with van der Waals surface area (Å²) in [5.41, 5.74) is 10.6. The lowest BCUT2D eigenvalue weighted by molar-refractivity contribution is 0.304. The van der Waals surface area contributed by atoms with Crippen molar-refractivity contribution in [3.63, 3.8) is 0 Å². The first kappa shape index (κ1) is 13.6. The van der Waals surface area contributed by atoms with Gasteiger partial charge < -0.3 is 10.5 Å². The largest absolute Gasteiger partial charge is 0.489 e. The van der Waals surface area contributed by atoms with E-state index in [4.69, 9.17) is 10.5 Å². The number of aryl methyl sites for hydroxylation is 2. The van der Waals surface area contributed by atoms with Gasteiger partial charge in [0.15, 0.2) is 0 Å². The van der Waals surface area contributed by atoms with Crippen molar-refractivity contribution in [2.45, 2.75) is 33.4 Å². The lowest BCUT2D eigenvalue weighted by atomic mass is 10.1. The number of hydrogen-bond donors (Lipinski definition) is 1. The molecule has 2 aromatic rings. The molecule has 1 atom stereocenters. The average molecular weight is 255 g/mol. The van der Waals surface area contributed by atoms with Gasteiger partial charge in [-0.3, -0.25) is 0 Å². The van der Waals surface area contributed by atoms with E-state index in [0.717, 1.165) is 16.9 Å². The third-order valence-corrected chi connectivity index (χ3v) is 3.24. The fraction of sp³-hybridized carbons (Fsp3) is 0.294. The van der Waals surface area contributed by atoms with Crippen LogP contribution in [0.25, 0.3) is 0 Å². The smallest absolute Gasteiger partial charge is 0.122 e. The Morgan fingerprint density at radius 1 is 1.05 bits per heavy atom. The van der Waals surface area contributed by atoms with Crippen molar-refractivity contribution in [2.75, 3.05) is 0 Å². The molecule has 2 nitrogen and oxygen atoms in total. The van der Waals surface area contributed by atoms with Crippen LogP contribution < -0.4 is 10.5 Å². The summed E-state index contributed by atoms with van der Waals surface area (Å²) in [5.74, 6) is 0.921. The standard InChI is InChI=1S/C17H21NO/c1-12-4-6-15(7-5-12)11-19-17-9-8-16(14(3)18)10-13(17)2/h4-10,14H,11,18H2,1-3H3. The molecule has 0 fully saturated rings. The van der Waals surface area contributed by atoms with Crippen molar-refractivity contribution >= 4 is 0 Å². The molecular weight excluding hydrogens is 234 g/mol. The summed E-state index contributed by atoms with van der Waals surface area (Å²) in [6.45, 7) is 6.72. The molecule has 0 aliphatic heterocycles. The van der Waals surface area contributed by atoms with Crippen molar-refractivity contribution in [3.05, 3.63) is 64.7 Å². The van der Waals surface area contributed by atoms with E-state index < -0.39 is 0 Å². The maximum atomic E-state index is 5.87. The van der Waals surface area contributed by atoms with Gasteiger partial charge >= 0.3 is 0 Å². The Kier molecular flexibility index (Phi) is 4.23. The van der Waals surface area contributed by atoms with E-state index in [1.54, 1.807) is 0 Å². The number of hydrogen-bond acceptors (Lipinski definition) is 2. The fourth-order valence-electron chi connectivity index (χ4n) is 1.96. The van der Waals surface area contributed by atoms with Crippen molar-refractivity contribution in [1.29, 1.82) is 0 Å². The van der Waals surface area contributed by atoms with Gasteiger partial charge in [0, 0.05) is 6.04 Å². The van der Waals surface area contributed by atoms with Crippen molar-refractivity contribution < 1.29 is 4.74 Å². The van der Waals surface area contributed by atoms with Crippen molar-refractivity contribution in [1.82, 2.24) is 0 Å². The zero-order chi connectivity index (χ0) is 13.8. The number of nitrogens with two attached hydrogens (primary N) is 1. The Balaban J connectivity index is 2.05. The molecule has 2 aromatic carbocycles. The van der Waals surface area contributed by atoms with Crippen LogP contribution >= 0.6 is 0 Å². The van der Waals surface area contributed by atoms with Crippen LogP contribution in [-0.4, -0.2) is 0 Å². The van der Waals surface area contributed by atoms with Crippen LogP contribution in [0.2, 0.25) is 0 Å². The molecule has 100 valence electrons. The summed E-state index contributed by atoms with van der Waals surface area (Å²) in [4.78, 5) is 0. The predicted octanol–water partition coefficient (Wildman–Crippen LogP) is 3.90. The van der Waals surface area contributed by atoms with E-state index in [2.05, 4.69) is 44.2 Å². The van der Waals surface area contributed by atoms with E-state index in [1.807, 2.05) is 19.1 Å². The quantitative estimate of drug-likeness (QED) is 0.899. The molecule has 0 amide bonds. The highest BCUT2D eigenvalue weighted by atomic mass is 16.5. The van der Waals surface area contributed by atoms with Gasteiger partial charge in [0.05, 0.1) is 0 Å². The highest BCUT2D eigenvalue weighted by Gasteiger charge is 2.04. The van der Waals surface area contributed by atoms with E-state index >= 15 is 0 Å². The molecule has 2 N–H and O–H groups in total. The van der Waals surface area contributed by atoms with Crippen molar-refractivity contribution in [3.8, 4) is 5.75 Å². The molecule has 0 bridgehead atoms. The molecule has 1 unspecified atom stereocenters. The summed E-state index contributed by atoms with van der Waals surface area (Å²) in [7, 11) is 0. The second-order valence-corrected chi connectivity index (χ2v) is 5.09. The van der Waals surface area contributed by atoms with Crippen LogP contribution in [0.3, 0.4) is 0 Å². The maximum Gasteiger partial charge on any atom is 0.122 e. The maximum absolute atomic E-state index is 5.87. The summed E-state index contributed by atoms with van der Waals surface area (Å²) >= 11 is 0. The van der Waals surface area contributed by atoms with Gasteiger partial charge in [0.1, 0.15) is 12.4 Å². The fourth-order valence-corrected chi connectivity index (χ4v) is 1.96. The van der Waals surface area contributed by atoms with Crippen LogP contribution in [0.1, 0.15) is 35.2 Å². The molecule has 0 saturated carbocycles. The van der Waals surface area contributed by atoms with E-state index in [-0.39, 0.29) is 6.04 Å². The summed E-state index contributed by atoms with van der Waals surface area (Å²) in [5, 5.41) is 0. The average Bonchev–Trinajstić information content (AvgIpc) is 2.39. The Hall–Kier alpha value is -1.80. The number of rotatable bonds is 4. The Labute approximate surface area is 115 Å². The molecular formula is C17H21NO. The molecule has 0 aromatic heterocycles. The number of ether oxygens (including phenoxy) is 1. The van der Waals surface area contributed by atoms with Crippen LogP contribution in [0.4, 0.5) is 0 Å². The molecule has 2 heteroatoms. The Bertz CT molecular complexity index is 544. The van der Waals surface area contributed by atoms with Gasteiger partial charge in [0.25, 0.3) is 0 Å². The van der Waals surface area contributed by atoms with Crippen LogP contribution in [0, 0.1) is 13.8 Å². The summed E-state index contributed by atoms with van der Waals surface area (Å²) in [6.07, 6.45) is 0. The molecule has 0 saturated heterocycles. The molecule has 19 heavy (non-hydrogen) atoms. The Morgan fingerprint density at radius 3 is 2.32 bits per heavy atom. The highest BCUT2D eigenvalue weighted by molar-refractivity contribution is 5.37. The lowest BCUT2D eigenvalue weighted by Gasteiger charge is -2.12. The summed E-state index contributed by atoms with van der Waals surface area (Å²) in [6, 6.07) is 14.6. The minimum absolute atomic E-state index is 0.0600. The van der Waals surface area contributed by atoms with Crippen LogP contribution in [-0.2, 0) is 6.61 Å². The zero-order valence-corrected chi connectivity index (χ0v) is 11.8. The lowest BCUT2D eigenvalue weighted by Crippen LogP contribution is -2.05. The van der Waals surface area contributed by atoms with Gasteiger partial charge in [-0.25, -0.2) is 0 Å². The molecule has 0 spiro atoms. The van der Waals surface area contributed by atoms with Gasteiger partial charge in [-0.15, -0.1) is 0 Å². The second kappa shape index (κ2) is 5.89. The first-order valence-corrected chi connectivity index (χ1v) is 6.61. The monoisotopic (exact) mass is 255 g/mol. The minimum atomic E-state index is 0.0600. The van der Waals surface area contributed by atoms with Gasteiger partial charge in [-0.05, 0) is 43.5 Å². The second-order valence-electron chi connectivity index (χ2n) is 5.09. The number of benzene rings is 2. The normalized spacial score (nSPS) is 12.2. The summed E-state index contributed by atoms with van der Waals surface area (Å²) < 4.78 is 5.86. The van der Waals surface area contributed by atoms with Crippen LogP contribution in [0.5, 0.6) is 5.75 Å². The minimum Gasteiger partial charge on any atom is -0.489 e. The SMILES string of the molecule is Cc1ccc(COc2ccc(C(C)N)cc2C)cc1. The first-order chi connectivity index (χ1) is 9.06. The predicted molar refractivity (Wildman–Crippen MR) is 79.3 cm³/mol. The molecule has 0 aliphatic carbocycles. The van der Waals surface area contributed by atoms with Crippen molar-refractivity contribution in [2.24, 2.45) is 5.73 Å². The first-order valence-electron chi connectivity index (χ1n) is 6.61. The van der Waals surface area contributed by atoms with Gasteiger partial charge in [-0.1, -0.05) is 42.0 Å². The third kappa shape index (κ3) is 3.58. The van der Waals surface area contributed by atoms with E-state index in [1.165, 1.54) is 11.1 Å². The molecule has 0 aliphatic rings. The zero-order valence-electron chi connectivity index (χ0n) is 11.8. The van der Waals surface area contributed by atoms with Gasteiger partial charge in [-0.2, -0.15) is 0 Å². The van der Waals surface area contributed by atoms with E-state index in [0.29, 0.717) is 6.61 Å². The molecule has 0 heterocycles. The van der Waals surface area contributed by atoms with E-state index in [9.17, 15) is 0 Å². The Morgan fingerprint density at radius 2 is 1.74 bits per heavy atom. The molecule has 0 radical (unpaired) electrons. The van der Waals surface area contributed by atoms with Gasteiger partial charge in [0.2, 0.25) is 0 Å². The topological polar surface area (TPSA) is 35.2 Å². The highest BCUT2D eigenvalue weighted by Crippen LogP contribution is 2.22. The third-order valence-electron chi connectivity index (χ3n) is 3.24.